The SMILES string of the molecule is CC(CN)CS(=O)(=O)Cc1cc(C(N)=O)ccc1F. The van der Waals surface area contributed by atoms with Crippen molar-refractivity contribution in [3.8, 4) is 0 Å². The fourth-order valence-corrected chi connectivity index (χ4v) is 3.45. The second kappa shape index (κ2) is 6.12. The highest BCUT2D eigenvalue weighted by Crippen LogP contribution is 2.15. The molecule has 0 bridgehead atoms. The van der Waals surface area contributed by atoms with Gasteiger partial charge in [-0.25, -0.2) is 12.8 Å². The molecule has 1 aromatic rings. The lowest BCUT2D eigenvalue weighted by Crippen LogP contribution is -2.22. The molecule has 7 heteroatoms. The molecule has 0 fully saturated rings. The van der Waals surface area contributed by atoms with E-state index in [-0.39, 0.29) is 29.3 Å². The molecule has 0 radical (unpaired) electrons. The van der Waals surface area contributed by atoms with E-state index in [4.69, 9.17) is 11.5 Å². The van der Waals surface area contributed by atoms with Gasteiger partial charge in [-0.05, 0) is 30.7 Å². The van der Waals surface area contributed by atoms with Crippen LogP contribution in [0.4, 0.5) is 4.39 Å². The average molecular weight is 288 g/mol. The summed E-state index contributed by atoms with van der Waals surface area (Å²) in [6.45, 7) is 1.94. The van der Waals surface area contributed by atoms with E-state index < -0.39 is 27.3 Å². The normalized spacial score (nSPS) is 13.2. The van der Waals surface area contributed by atoms with Gasteiger partial charge in [-0.15, -0.1) is 0 Å². The fraction of sp³-hybridized carbons (Fsp3) is 0.417. The molecule has 0 heterocycles. The minimum absolute atomic E-state index is 0.0551. The van der Waals surface area contributed by atoms with E-state index in [9.17, 15) is 17.6 Å². The van der Waals surface area contributed by atoms with Gasteiger partial charge in [0.15, 0.2) is 9.84 Å². The number of amides is 1. The van der Waals surface area contributed by atoms with E-state index in [1.807, 2.05) is 0 Å². The lowest BCUT2D eigenvalue weighted by atomic mass is 10.1. The van der Waals surface area contributed by atoms with Crippen molar-refractivity contribution < 1.29 is 17.6 Å². The minimum Gasteiger partial charge on any atom is -0.366 e. The van der Waals surface area contributed by atoms with Gasteiger partial charge in [0.1, 0.15) is 5.82 Å². The summed E-state index contributed by atoms with van der Waals surface area (Å²) < 4.78 is 37.3. The number of sulfone groups is 1. The number of hydrogen-bond acceptors (Lipinski definition) is 4. The summed E-state index contributed by atoms with van der Waals surface area (Å²) in [6.07, 6.45) is 0. The van der Waals surface area contributed by atoms with Crippen LogP contribution in [0.25, 0.3) is 0 Å². The molecule has 4 N–H and O–H groups in total. The number of primary amides is 1. The quantitative estimate of drug-likeness (QED) is 0.792. The molecule has 1 unspecified atom stereocenters. The van der Waals surface area contributed by atoms with Crippen molar-refractivity contribution in [3.05, 3.63) is 35.1 Å². The molecule has 0 spiro atoms. The number of nitrogens with two attached hydrogens (primary N) is 2. The molecule has 106 valence electrons. The van der Waals surface area contributed by atoms with Gasteiger partial charge in [-0.1, -0.05) is 6.92 Å². The van der Waals surface area contributed by atoms with Crippen molar-refractivity contribution >= 4 is 15.7 Å². The van der Waals surface area contributed by atoms with Crippen LogP contribution in [0.15, 0.2) is 18.2 Å². The first-order valence-corrected chi connectivity index (χ1v) is 7.56. The van der Waals surface area contributed by atoms with E-state index in [0.29, 0.717) is 0 Å². The van der Waals surface area contributed by atoms with E-state index >= 15 is 0 Å². The third kappa shape index (κ3) is 4.60. The molecule has 1 amide bonds. The third-order valence-electron chi connectivity index (χ3n) is 2.65. The molecule has 0 saturated carbocycles. The van der Waals surface area contributed by atoms with Gasteiger partial charge in [-0.3, -0.25) is 4.79 Å². The highest BCUT2D eigenvalue weighted by molar-refractivity contribution is 7.90. The van der Waals surface area contributed by atoms with Crippen molar-refractivity contribution in [1.29, 1.82) is 0 Å². The maximum absolute atomic E-state index is 13.5. The van der Waals surface area contributed by atoms with Gasteiger partial charge in [0, 0.05) is 11.1 Å². The Hall–Kier alpha value is -1.47. The molecule has 0 saturated heterocycles. The van der Waals surface area contributed by atoms with Crippen LogP contribution in [-0.2, 0) is 15.6 Å². The van der Waals surface area contributed by atoms with Gasteiger partial charge in [0.2, 0.25) is 5.91 Å². The van der Waals surface area contributed by atoms with Gasteiger partial charge in [0.25, 0.3) is 0 Å². The lowest BCUT2D eigenvalue weighted by Gasteiger charge is -2.10. The van der Waals surface area contributed by atoms with E-state index in [0.717, 1.165) is 6.07 Å². The lowest BCUT2D eigenvalue weighted by molar-refractivity contribution is 0.1000. The second-order valence-electron chi connectivity index (χ2n) is 4.57. The number of carbonyl (C=O) groups is 1. The summed E-state index contributed by atoms with van der Waals surface area (Å²) in [6, 6.07) is 3.43. The Morgan fingerprint density at radius 3 is 2.58 bits per heavy atom. The third-order valence-corrected chi connectivity index (χ3v) is 4.47. The van der Waals surface area contributed by atoms with E-state index in [2.05, 4.69) is 0 Å². The summed E-state index contributed by atoms with van der Waals surface area (Å²) in [4.78, 5) is 11.0. The monoisotopic (exact) mass is 288 g/mol. The number of halogens is 1. The zero-order valence-electron chi connectivity index (χ0n) is 10.6. The number of hydrogen-bond donors (Lipinski definition) is 2. The maximum atomic E-state index is 13.5. The summed E-state index contributed by atoms with van der Waals surface area (Å²) in [5, 5.41) is 0. The largest absolute Gasteiger partial charge is 0.366 e. The van der Waals surface area contributed by atoms with Crippen molar-refractivity contribution in [2.75, 3.05) is 12.3 Å². The molecular formula is C12H17FN2O3S. The van der Waals surface area contributed by atoms with Crippen LogP contribution in [-0.4, -0.2) is 26.6 Å². The molecule has 1 aromatic carbocycles. The molecular weight excluding hydrogens is 271 g/mol. The Morgan fingerprint density at radius 1 is 1.42 bits per heavy atom. The Balaban J connectivity index is 2.98. The first-order valence-electron chi connectivity index (χ1n) is 5.74. The fourth-order valence-electron chi connectivity index (χ4n) is 1.64. The predicted molar refractivity (Wildman–Crippen MR) is 70.6 cm³/mol. The summed E-state index contributed by atoms with van der Waals surface area (Å²) in [5.41, 5.74) is 10.5. The van der Waals surface area contributed by atoms with Crippen LogP contribution in [0.3, 0.4) is 0 Å². The van der Waals surface area contributed by atoms with Crippen LogP contribution in [0.5, 0.6) is 0 Å². The van der Waals surface area contributed by atoms with Crippen LogP contribution >= 0.6 is 0 Å². The Kier molecular flexibility index (Phi) is 5.02. The van der Waals surface area contributed by atoms with Gasteiger partial charge in [-0.2, -0.15) is 0 Å². The maximum Gasteiger partial charge on any atom is 0.248 e. The van der Waals surface area contributed by atoms with Crippen molar-refractivity contribution in [2.45, 2.75) is 12.7 Å². The average Bonchev–Trinajstić information content (AvgIpc) is 2.30. The summed E-state index contributed by atoms with van der Waals surface area (Å²) >= 11 is 0. The summed E-state index contributed by atoms with van der Waals surface area (Å²) in [7, 11) is -3.48. The topological polar surface area (TPSA) is 103 Å². The van der Waals surface area contributed by atoms with E-state index in [1.54, 1.807) is 6.92 Å². The highest BCUT2D eigenvalue weighted by Gasteiger charge is 2.18. The number of benzene rings is 1. The van der Waals surface area contributed by atoms with Gasteiger partial charge >= 0.3 is 0 Å². The molecule has 1 rings (SSSR count). The molecule has 5 nitrogen and oxygen atoms in total. The van der Waals surface area contributed by atoms with Crippen LogP contribution in [0.1, 0.15) is 22.8 Å². The number of carbonyl (C=O) groups excluding carboxylic acids is 1. The molecule has 0 aliphatic heterocycles. The first kappa shape index (κ1) is 15.6. The van der Waals surface area contributed by atoms with Crippen LogP contribution < -0.4 is 11.5 Å². The van der Waals surface area contributed by atoms with Crippen molar-refractivity contribution in [2.24, 2.45) is 17.4 Å². The Morgan fingerprint density at radius 2 is 2.05 bits per heavy atom. The zero-order valence-corrected chi connectivity index (χ0v) is 11.4. The van der Waals surface area contributed by atoms with Crippen LogP contribution in [0.2, 0.25) is 0 Å². The Labute approximate surface area is 111 Å². The van der Waals surface area contributed by atoms with Crippen LogP contribution in [0, 0.1) is 11.7 Å². The zero-order chi connectivity index (χ0) is 14.6. The highest BCUT2D eigenvalue weighted by atomic mass is 32.2. The number of rotatable bonds is 6. The van der Waals surface area contributed by atoms with E-state index in [1.165, 1.54) is 12.1 Å². The molecule has 0 aliphatic rings. The van der Waals surface area contributed by atoms with Gasteiger partial charge in [0.05, 0.1) is 11.5 Å². The Bertz CT molecular complexity index is 572. The smallest absolute Gasteiger partial charge is 0.248 e. The molecule has 1 atom stereocenters. The standard InChI is InChI=1S/C12H17FN2O3S/c1-8(5-14)6-19(17,18)7-10-4-9(12(15)16)2-3-11(10)13/h2-4,8H,5-7,14H2,1H3,(H2,15,16). The van der Waals surface area contributed by atoms with Crippen molar-refractivity contribution in [3.63, 3.8) is 0 Å². The predicted octanol–water partition coefficient (Wildman–Crippen LogP) is 0.434. The van der Waals surface area contributed by atoms with Crippen molar-refractivity contribution in [1.82, 2.24) is 0 Å². The van der Waals surface area contributed by atoms with Gasteiger partial charge < -0.3 is 11.5 Å². The molecule has 0 aromatic heterocycles. The first-order chi connectivity index (χ1) is 8.75. The summed E-state index contributed by atoms with van der Waals surface area (Å²) in [5.74, 6) is -2.19. The molecule has 19 heavy (non-hydrogen) atoms. The minimum atomic E-state index is -3.48. The molecule has 0 aliphatic carbocycles. The second-order valence-corrected chi connectivity index (χ2v) is 6.68.